The standard InChI is InChI=1S/C25H23NO5/c1-4-30-18-8-5-7-17(14-18)23(27)21-22(20-9-6-12-31-20)26(25(29)24(21)28)19-11-10-15(2)13-16(19)3/h5-14,22,27H,4H2,1-3H3/b23-21-. The molecule has 2 heterocycles. The molecule has 6 nitrogen and oxygen atoms in total. The van der Waals surface area contributed by atoms with Crippen molar-refractivity contribution in [2.24, 2.45) is 0 Å². The molecule has 1 fully saturated rings. The molecule has 6 heteroatoms. The van der Waals surface area contributed by atoms with Gasteiger partial charge in [-0.05, 0) is 56.7 Å². The second kappa shape index (κ2) is 8.14. The summed E-state index contributed by atoms with van der Waals surface area (Å²) in [7, 11) is 0. The molecule has 1 aliphatic heterocycles. The lowest BCUT2D eigenvalue weighted by Gasteiger charge is -2.25. The first kappa shape index (κ1) is 20.5. The van der Waals surface area contributed by atoms with Crippen LogP contribution in [0.3, 0.4) is 0 Å². The second-order valence-corrected chi connectivity index (χ2v) is 7.44. The zero-order chi connectivity index (χ0) is 22.1. The fraction of sp³-hybridized carbons (Fsp3) is 0.200. The number of ketones is 1. The van der Waals surface area contributed by atoms with Crippen molar-refractivity contribution < 1.29 is 23.8 Å². The summed E-state index contributed by atoms with van der Waals surface area (Å²) in [5.41, 5.74) is 2.85. The minimum Gasteiger partial charge on any atom is -0.507 e. The minimum atomic E-state index is -0.882. The monoisotopic (exact) mass is 417 g/mol. The average Bonchev–Trinajstić information content (AvgIpc) is 3.36. The van der Waals surface area contributed by atoms with E-state index in [1.807, 2.05) is 39.0 Å². The molecule has 1 aliphatic rings. The molecule has 158 valence electrons. The molecule has 1 unspecified atom stereocenters. The molecule has 0 aliphatic carbocycles. The molecule has 4 rings (SSSR count). The van der Waals surface area contributed by atoms with Crippen LogP contribution in [0.4, 0.5) is 5.69 Å². The first-order chi connectivity index (χ1) is 14.9. The normalized spacial score (nSPS) is 17.9. The average molecular weight is 417 g/mol. The van der Waals surface area contributed by atoms with Crippen LogP contribution in [0.1, 0.15) is 35.4 Å². The number of aliphatic hydroxyl groups is 1. The highest BCUT2D eigenvalue weighted by atomic mass is 16.5. The van der Waals surface area contributed by atoms with Gasteiger partial charge in [-0.25, -0.2) is 0 Å². The number of carbonyl (C=O) groups is 2. The maximum absolute atomic E-state index is 13.1. The molecule has 1 amide bonds. The van der Waals surface area contributed by atoms with E-state index in [9.17, 15) is 14.7 Å². The maximum atomic E-state index is 13.1. The van der Waals surface area contributed by atoms with Gasteiger partial charge in [0.15, 0.2) is 0 Å². The summed E-state index contributed by atoms with van der Waals surface area (Å²) < 4.78 is 11.1. The van der Waals surface area contributed by atoms with Crippen LogP contribution in [-0.2, 0) is 9.59 Å². The summed E-state index contributed by atoms with van der Waals surface area (Å²) >= 11 is 0. The van der Waals surface area contributed by atoms with Crippen molar-refractivity contribution in [1.82, 2.24) is 0 Å². The molecular formula is C25H23NO5. The summed E-state index contributed by atoms with van der Waals surface area (Å²) in [6, 6.07) is 14.9. The Morgan fingerprint density at radius 1 is 1.10 bits per heavy atom. The van der Waals surface area contributed by atoms with E-state index in [1.165, 1.54) is 11.2 Å². The van der Waals surface area contributed by atoms with Crippen LogP contribution in [-0.4, -0.2) is 23.4 Å². The first-order valence-electron chi connectivity index (χ1n) is 10.1. The zero-order valence-corrected chi connectivity index (χ0v) is 17.6. The summed E-state index contributed by atoms with van der Waals surface area (Å²) in [5, 5.41) is 11.1. The Bertz CT molecular complexity index is 1180. The first-order valence-corrected chi connectivity index (χ1v) is 10.1. The van der Waals surface area contributed by atoms with Gasteiger partial charge in [0.25, 0.3) is 11.7 Å². The van der Waals surface area contributed by atoms with Crippen LogP contribution < -0.4 is 9.64 Å². The van der Waals surface area contributed by atoms with Gasteiger partial charge in [-0.1, -0.05) is 29.8 Å². The summed E-state index contributed by atoms with van der Waals surface area (Å²) in [6.45, 7) is 6.17. The van der Waals surface area contributed by atoms with Crippen molar-refractivity contribution in [3.8, 4) is 5.75 Å². The van der Waals surface area contributed by atoms with E-state index in [0.29, 0.717) is 29.4 Å². The third-order valence-corrected chi connectivity index (χ3v) is 5.29. The smallest absolute Gasteiger partial charge is 0.300 e. The van der Waals surface area contributed by atoms with E-state index in [2.05, 4.69) is 0 Å². The number of Topliss-reactive ketones (excluding diaryl/α,β-unsaturated/α-hetero) is 1. The fourth-order valence-corrected chi connectivity index (χ4v) is 3.93. The molecule has 1 aromatic heterocycles. The van der Waals surface area contributed by atoms with Gasteiger partial charge in [-0.15, -0.1) is 0 Å². The van der Waals surface area contributed by atoms with Crippen molar-refractivity contribution in [2.75, 3.05) is 11.5 Å². The van der Waals surface area contributed by atoms with Crippen molar-refractivity contribution in [1.29, 1.82) is 0 Å². The molecule has 2 aromatic carbocycles. The van der Waals surface area contributed by atoms with Crippen LogP contribution in [0.2, 0.25) is 0 Å². The number of furan rings is 1. The van der Waals surface area contributed by atoms with Crippen LogP contribution in [0, 0.1) is 13.8 Å². The molecule has 1 saturated heterocycles. The van der Waals surface area contributed by atoms with Crippen LogP contribution in [0.15, 0.2) is 70.9 Å². The van der Waals surface area contributed by atoms with Crippen LogP contribution in [0.25, 0.3) is 5.76 Å². The number of carbonyl (C=O) groups excluding carboxylic acids is 2. The zero-order valence-electron chi connectivity index (χ0n) is 17.6. The number of aliphatic hydroxyl groups excluding tert-OH is 1. The third kappa shape index (κ3) is 3.61. The SMILES string of the molecule is CCOc1cccc(/C(O)=C2/C(=O)C(=O)N(c3ccc(C)cc3C)C2c2ccco2)c1. The Morgan fingerprint density at radius 3 is 2.58 bits per heavy atom. The van der Waals surface area contributed by atoms with Crippen molar-refractivity contribution in [2.45, 2.75) is 26.8 Å². The molecule has 31 heavy (non-hydrogen) atoms. The molecule has 0 bridgehead atoms. The van der Waals surface area contributed by atoms with E-state index in [4.69, 9.17) is 9.15 Å². The lowest BCUT2D eigenvalue weighted by molar-refractivity contribution is -0.132. The number of amides is 1. The summed E-state index contributed by atoms with van der Waals surface area (Å²) in [4.78, 5) is 27.6. The second-order valence-electron chi connectivity index (χ2n) is 7.44. The lowest BCUT2D eigenvalue weighted by Crippen LogP contribution is -2.30. The Balaban J connectivity index is 1.91. The summed E-state index contributed by atoms with van der Waals surface area (Å²) in [5.74, 6) is -0.795. The van der Waals surface area contributed by atoms with Gasteiger partial charge in [-0.2, -0.15) is 0 Å². The third-order valence-electron chi connectivity index (χ3n) is 5.29. The topological polar surface area (TPSA) is 80.0 Å². The van der Waals surface area contributed by atoms with Gasteiger partial charge in [0.05, 0.1) is 18.4 Å². The number of benzene rings is 2. The highest BCUT2D eigenvalue weighted by Crippen LogP contribution is 2.43. The molecule has 3 aromatic rings. The van der Waals surface area contributed by atoms with Gasteiger partial charge < -0.3 is 14.3 Å². The van der Waals surface area contributed by atoms with Gasteiger partial charge in [0, 0.05) is 11.3 Å². The fourth-order valence-electron chi connectivity index (χ4n) is 3.93. The molecule has 1 N–H and O–H groups in total. The van der Waals surface area contributed by atoms with Crippen molar-refractivity contribution in [3.05, 3.63) is 88.9 Å². The highest BCUT2D eigenvalue weighted by molar-refractivity contribution is 6.51. The Hall–Kier alpha value is -3.80. The minimum absolute atomic E-state index is 0.0198. The highest BCUT2D eigenvalue weighted by Gasteiger charge is 2.48. The number of anilines is 1. The van der Waals surface area contributed by atoms with E-state index < -0.39 is 17.7 Å². The Labute approximate surface area is 180 Å². The van der Waals surface area contributed by atoms with Crippen molar-refractivity contribution in [3.63, 3.8) is 0 Å². The maximum Gasteiger partial charge on any atom is 0.300 e. The molecule has 0 spiro atoms. The number of nitrogens with zero attached hydrogens (tertiary/aromatic N) is 1. The largest absolute Gasteiger partial charge is 0.507 e. The van der Waals surface area contributed by atoms with Gasteiger partial charge in [0.2, 0.25) is 0 Å². The van der Waals surface area contributed by atoms with Gasteiger partial charge in [-0.3, -0.25) is 14.5 Å². The van der Waals surface area contributed by atoms with E-state index in [-0.39, 0.29) is 11.3 Å². The van der Waals surface area contributed by atoms with E-state index in [1.54, 1.807) is 36.4 Å². The molecule has 0 saturated carbocycles. The lowest BCUT2D eigenvalue weighted by atomic mass is 9.98. The predicted octanol–water partition coefficient (Wildman–Crippen LogP) is 4.92. The number of hydrogen-bond acceptors (Lipinski definition) is 5. The molecular weight excluding hydrogens is 394 g/mol. The Kier molecular flexibility index (Phi) is 5.38. The van der Waals surface area contributed by atoms with Crippen LogP contribution >= 0.6 is 0 Å². The van der Waals surface area contributed by atoms with Crippen molar-refractivity contribution >= 4 is 23.1 Å². The predicted molar refractivity (Wildman–Crippen MR) is 117 cm³/mol. The van der Waals surface area contributed by atoms with Gasteiger partial charge >= 0.3 is 0 Å². The molecule has 0 radical (unpaired) electrons. The van der Waals surface area contributed by atoms with E-state index in [0.717, 1.165) is 11.1 Å². The number of hydrogen-bond donors (Lipinski definition) is 1. The molecule has 1 atom stereocenters. The van der Waals surface area contributed by atoms with Gasteiger partial charge in [0.1, 0.15) is 23.3 Å². The number of aryl methyl sites for hydroxylation is 2. The quantitative estimate of drug-likeness (QED) is 0.362. The summed E-state index contributed by atoms with van der Waals surface area (Å²) in [6.07, 6.45) is 1.48. The van der Waals surface area contributed by atoms with E-state index >= 15 is 0 Å². The number of rotatable bonds is 5. The van der Waals surface area contributed by atoms with Crippen LogP contribution in [0.5, 0.6) is 5.75 Å². The Morgan fingerprint density at radius 2 is 1.90 bits per heavy atom. The number of ether oxygens (including phenoxy) is 1.